The van der Waals surface area contributed by atoms with Crippen molar-refractivity contribution in [1.82, 2.24) is 0 Å². The van der Waals surface area contributed by atoms with Gasteiger partial charge in [0.15, 0.2) is 0 Å². The van der Waals surface area contributed by atoms with Crippen molar-refractivity contribution in [2.75, 3.05) is 0 Å². The van der Waals surface area contributed by atoms with Gasteiger partial charge in [-0.1, -0.05) is 96.8 Å². The van der Waals surface area contributed by atoms with Gasteiger partial charge < -0.3 is 0 Å². The summed E-state index contributed by atoms with van der Waals surface area (Å²) in [6, 6.07) is 0. The molecule has 0 aliphatic heterocycles. The lowest BCUT2D eigenvalue weighted by Crippen LogP contribution is -2.00. The molecular weight excluding hydrogens is 268 g/mol. The molecule has 0 aromatic carbocycles. The number of carbonyl (C=O) groups excluding carboxylic acids is 1. The van der Waals surface area contributed by atoms with Gasteiger partial charge in [-0.3, -0.25) is 4.79 Å². The van der Waals surface area contributed by atoms with Crippen molar-refractivity contribution < 1.29 is 4.79 Å². The molecule has 1 atom stereocenters. The topological polar surface area (TPSA) is 17.1 Å². The zero-order chi connectivity index (χ0) is 15.9. The Morgan fingerprint density at radius 1 is 0.545 bits per heavy atom. The van der Waals surface area contributed by atoms with Crippen LogP contribution in [0.15, 0.2) is 0 Å². The molecule has 1 fully saturated rings. The van der Waals surface area contributed by atoms with Crippen LogP contribution < -0.4 is 0 Å². The van der Waals surface area contributed by atoms with Gasteiger partial charge in [-0.2, -0.15) is 0 Å². The summed E-state index contributed by atoms with van der Waals surface area (Å²) in [5.41, 5.74) is 0. The average Bonchev–Trinajstić information content (AvgIpc) is 2.51. The van der Waals surface area contributed by atoms with E-state index in [2.05, 4.69) is 6.92 Å². The second-order valence-electron chi connectivity index (χ2n) is 7.67. The minimum Gasteiger partial charge on any atom is -0.300 e. The molecule has 0 spiro atoms. The van der Waals surface area contributed by atoms with Crippen molar-refractivity contribution in [2.24, 2.45) is 5.92 Å². The van der Waals surface area contributed by atoms with Crippen LogP contribution in [0.2, 0.25) is 0 Å². The number of rotatable bonds is 0. The molecule has 0 heterocycles. The molecule has 0 aromatic heterocycles. The van der Waals surface area contributed by atoms with Gasteiger partial charge in [0, 0.05) is 12.8 Å². The predicted molar refractivity (Wildman–Crippen MR) is 97.3 cm³/mol. The summed E-state index contributed by atoms with van der Waals surface area (Å²) in [4.78, 5) is 11.8. The first-order chi connectivity index (χ1) is 10.8. The summed E-state index contributed by atoms with van der Waals surface area (Å²) < 4.78 is 0. The molecule has 0 radical (unpaired) electrons. The Labute approximate surface area is 139 Å². The molecule has 0 amide bonds. The number of Topliss-reactive ketones (excluding diaryl/α,β-unsaturated/α-hetero) is 1. The number of hydrogen-bond acceptors (Lipinski definition) is 1. The van der Waals surface area contributed by atoms with Gasteiger partial charge in [-0.15, -0.1) is 0 Å². The normalized spacial score (nSPS) is 26.4. The second-order valence-corrected chi connectivity index (χ2v) is 7.67. The number of carbonyl (C=O) groups is 1. The fourth-order valence-corrected chi connectivity index (χ4v) is 3.67. The first-order valence-corrected chi connectivity index (χ1v) is 10.3. The van der Waals surface area contributed by atoms with Crippen LogP contribution in [0.4, 0.5) is 0 Å². The van der Waals surface area contributed by atoms with Crippen LogP contribution in [-0.2, 0) is 4.79 Å². The lowest BCUT2D eigenvalue weighted by molar-refractivity contribution is -0.119. The minimum absolute atomic E-state index is 0.516. The van der Waals surface area contributed by atoms with Crippen LogP contribution >= 0.6 is 0 Å². The summed E-state index contributed by atoms with van der Waals surface area (Å²) in [6.07, 6.45) is 23.4. The van der Waals surface area contributed by atoms with Crippen molar-refractivity contribution in [3.05, 3.63) is 0 Å². The standard InChI is InChI=1S/C21H40O/c1-20-16-12-10-8-6-4-2-3-5-7-9-11-13-18-21(22)19-15-14-17-20/h20H,2-19H2,1H3. The van der Waals surface area contributed by atoms with E-state index < -0.39 is 0 Å². The zero-order valence-corrected chi connectivity index (χ0v) is 15.2. The molecule has 0 bridgehead atoms. The van der Waals surface area contributed by atoms with Gasteiger partial charge in [-0.25, -0.2) is 0 Å². The third kappa shape index (κ3) is 12.2. The molecule has 22 heavy (non-hydrogen) atoms. The number of hydrogen-bond donors (Lipinski definition) is 0. The Bertz CT molecular complexity index is 259. The molecule has 1 rings (SSSR count). The molecule has 1 heteroatoms. The Balaban J connectivity index is 2.17. The van der Waals surface area contributed by atoms with Crippen molar-refractivity contribution in [3.63, 3.8) is 0 Å². The molecule has 1 aliphatic carbocycles. The molecule has 1 nitrogen and oxygen atoms in total. The lowest BCUT2D eigenvalue weighted by atomic mass is 9.95. The second kappa shape index (κ2) is 14.3. The van der Waals surface area contributed by atoms with E-state index in [1.807, 2.05) is 0 Å². The molecule has 1 unspecified atom stereocenters. The highest BCUT2D eigenvalue weighted by molar-refractivity contribution is 5.78. The summed E-state index contributed by atoms with van der Waals surface area (Å²) in [6.45, 7) is 2.40. The van der Waals surface area contributed by atoms with Crippen molar-refractivity contribution in [3.8, 4) is 0 Å². The summed E-state index contributed by atoms with van der Waals surface area (Å²) in [5, 5.41) is 0. The van der Waals surface area contributed by atoms with Crippen LogP contribution in [0, 0.1) is 5.92 Å². The number of ketones is 1. The monoisotopic (exact) mass is 308 g/mol. The van der Waals surface area contributed by atoms with Crippen molar-refractivity contribution >= 4 is 5.78 Å². The highest BCUT2D eigenvalue weighted by atomic mass is 16.1. The summed E-state index contributed by atoms with van der Waals surface area (Å²) in [5.74, 6) is 1.38. The maximum Gasteiger partial charge on any atom is 0.132 e. The third-order valence-corrected chi connectivity index (χ3v) is 5.31. The van der Waals surface area contributed by atoms with Crippen molar-refractivity contribution in [2.45, 2.75) is 122 Å². The smallest absolute Gasteiger partial charge is 0.132 e. The fraction of sp³-hybridized carbons (Fsp3) is 0.952. The summed E-state index contributed by atoms with van der Waals surface area (Å²) in [7, 11) is 0. The van der Waals surface area contributed by atoms with Gasteiger partial charge in [0.2, 0.25) is 0 Å². The first kappa shape index (κ1) is 19.7. The van der Waals surface area contributed by atoms with E-state index in [0.29, 0.717) is 5.78 Å². The van der Waals surface area contributed by atoms with E-state index in [4.69, 9.17) is 0 Å². The quantitative estimate of drug-likeness (QED) is 0.461. The van der Waals surface area contributed by atoms with Crippen LogP contribution in [0.5, 0.6) is 0 Å². The van der Waals surface area contributed by atoms with Gasteiger partial charge in [0.25, 0.3) is 0 Å². The molecule has 130 valence electrons. The van der Waals surface area contributed by atoms with Crippen LogP contribution in [0.3, 0.4) is 0 Å². The Hall–Kier alpha value is -0.330. The molecule has 0 N–H and O–H groups in total. The van der Waals surface area contributed by atoms with Crippen LogP contribution in [-0.4, -0.2) is 5.78 Å². The van der Waals surface area contributed by atoms with E-state index in [0.717, 1.165) is 31.6 Å². The minimum atomic E-state index is 0.516. The molecule has 0 saturated heterocycles. The Morgan fingerprint density at radius 3 is 1.36 bits per heavy atom. The maximum absolute atomic E-state index is 11.8. The Morgan fingerprint density at radius 2 is 0.864 bits per heavy atom. The van der Waals surface area contributed by atoms with E-state index in [9.17, 15) is 4.79 Å². The van der Waals surface area contributed by atoms with Gasteiger partial charge in [0.1, 0.15) is 5.78 Å². The van der Waals surface area contributed by atoms with E-state index in [1.54, 1.807) is 0 Å². The predicted octanol–water partition coefficient (Wildman–Crippen LogP) is 7.23. The lowest BCUT2D eigenvalue weighted by Gasteiger charge is -2.11. The highest BCUT2D eigenvalue weighted by Crippen LogP contribution is 2.19. The van der Waals surface area contributed by atoms with E-state index in [1.165, 1.54) is 89.9 Å². The van der Waals surface area contributed by atoms with Crippen LogP contribution in [0.1, 0.15) is 122 Å². The average molecular weight is 309 g/mol. The molecular formula is C21H40O. The fourth-order valence-electron chi connectivity index (χ4n) is 3.67. The molecule has 0 aromatic rings. The highest BCUT2D eigenvalue weighted by Gasteiger charge is 2.05. The van der Waals surface area contributed by atoms with Gasteiger partial charge in [-0.05, 0) is 18.8 Å². The zero-order valence-electron chi connectivity index (χ0n) is 15.2. The Kier molecular flexibility index (Phi) is 12.8. The van der Waals surface area contributed by atoms with E-state index >= 15 is 0 Å². The third-order valence-electron chi connectivity index (χ3n) is 5.31. The van der Waals surface area contributed by atoms with Gasteiger partial charge >= 0.3 is 0 Å². The van der Waals surface area contributed by atoms with Gasteiger partial charge in [0.05, 0.1) is 0 Å². The van der Waals surface area contributed by atoms with E-state index in [-0.39, 0.29) is 0 Å². The molecule has 1 aliphatic rings. The van der Waals surface area contributed by atoms with Crippen molar-refractivity contribution in [1.29, 1.82) is 0 Å². The first-order valence-electron chi connectivity index (χ1n) is 10.3. The maximum atomic E-state index is 11.8. The largest absolute Gasteiger partial charge is 0.300 e. The SMILES string of the molecule is CC1CCCCCCCCCCCCCCC(=O)CCCC1. The summed E-state index contributed by atoms with van der Waals surface area (Å²) >= 11 is 0. The molecule has 1 saturated carbocycles. The van der Waals surface area contributed by atoms with Crippen LogP contribution in [0.25, 0.3) is 0 Å².